The number of carbonyl (C=O) groups excluding carboxylic acids is 1. The van der Waals surface area contributed by atoms with E-state index >= 15 is 0 Å². The minimum Gasteiger partial charge on any atom is -0.360 e. The second-order valence-corrected chi connectivity index (χ2v) is 6.23. The summed E-state index contributed by atoms with van der Waals surface area (Å²) >= 11 is 0. The molecule has 2 aromatic carbocycles. The lowest BCUT2D eigenvalue weighted by atomic mass is 9.95. The molecule has 0 aliphatic carbocycles. The summed E-state index contributed by atoms with van der Waals surface area (Å²) in [5.74, 6) is -0.543. The first-order valence-corrected chi connectivity index (χ1v) is 8.19. The zero-order chi connectivity index (χ0) is 17.0. The Labute approximate surface area is 142 Å². The van der Waals surface area contributed by atoms with Crippen LogP contribution in [0.5, 0.6) is 0 Å². The van der Waals surface area contributed by atoms with Crippen molar-refractivity contribution in [1.82, 2.24) is 15.3 Å². The topological polar surface area (TPSA) is 57.8 Å². The molecule has 0 radical (unpaired) electrons. The molecule has 1 aliphatic rings. The van der Waals surface area contributed by atoms with Gasteiger partial charge in [0.1, 0.15) is 5.82 Å². The summed E-state index contributed by atoms with van der Waals surface area (Å²) in [5, 5.41) is 5.28. The van der Waals surface area contributed by atoms with Gasteiger partial charge in [-0.3, -0.25) is 9.78 Å². The SMILES string of the molecule is O=C1NCCc2nc(-c3c[nH]c4ccccc34)c3ccc(F)cc3c21. The number of aromatic nitrogens is 2. The Bertz CT molecular complexity index is 1160. The first-order chi connectivity index (χ1) is 12.2. The van der Waals surface area contributed by atoms with E-state index in [9.17, 15) is 9.18 Å². The van der Waals surface area contributed by atoms with Crippen LogP contribution in [0.1, 0.15) is 16.1 Å². The van der Waals surface area contributed by atoms with Gasteiger partial charge in [-0.05, 0) is 24.3 Å². The van der Waals surface area contributed by atoms with Gasteiger partial charge in [0.15, 0.2) is 0 Å². The van der Waals surface area contributed by atoms with E-state index in [-0.39, 0.29) is 11.7 Å². The number of hydrogen-bond donors (Lipinski definition) is 2. The van der Waals surface area contributed by atoms with Crippen molar-refractivity contribution in [2.24, 2.45) is 0 Å². The van der Waals surface area contributed by atoms with E-state index in [1.54, 1.807) is 6.07 Å². The Morgan fingerprint density at radius 2 is 1.92 bits per heavy atom. The predicted octanol–water partition coefficient (Wildman–Crippen LogP) is 3.81. The Kier molecular flexibility index (Phi) is 2.91. The fraction of sp³-hybridized carbons (Fsp3) is 0.100. The van der Waals surface area contributed by atoms with Crippen LogP contribution in [0.2, 0.25) is 0 Å². The molecule has 0 bridgehead atoms. The van der Waals surface area contributed by atoms with Gasteiger partial charge in [0.05, 0.1) is 17.0 Å². The molecule has 2 N–H and O–H groups in total. The number of benzene rings is 2. The van der Waals surface area contributed by atoms with Gasteiger partial charge >= 0.3 is 0 Å². The highest BCUT2D eigenvalue weighted by Crippen LogP contribution is 2.35. The molecule has 2 aromatic heterocycles. The molecular weight excluding hydrogens is 317 g/mol. The number of halogens is 1. The predicted molar refractivity (Wildman–Crippen MR) is 95.0 cm³/mol. The van der Waals surface area contributed by atoms with Crippen molar-refractivity contribution in [2.45, 2.75) is 6.42 Å². The lowest BCUT2D eigenvalue weighted by molar-refractivity contribution is 0.0947. The van der Waals surface area contributed by atoms with E-state index in [0.717, 1.165) is 33.2 Å². The minimum absolute atomic E-state index is 0.185. The third-order valence-corrected chi connectivity index (χ3v) is 4.76. The molecule has 0 spiro atoms. The van der Waals surface area contributed by atoms with E-state index in [0.29, 0.717) is 23.9 Å². The first-order valence-electron chi connectivity index (χ1n) is 8.19. The van der Waals surface area contributed by atoms with Crippen molar-refractivity contribution in [3.8, 4) is 11.3 Å². The van der Waals surface area contributed by atoms with Gasteiger partial charge in [-0.15, -0.1) is 0 Å². The second-order valence-electron chi connectivity index (χ2n) is 6.23. The third-order valence-electron chi connectivity index (χ3n) is 4.76. The summed E-state index contributed by atoms with van der Waals surface area (Å²) in [6.45, 7) is 0.549. The molecule has 4 aromatic rings. The average molecular weight is 331 g/mol. The number of aromatic amines is 1. The van der Waals surface area contributed by atoms with E-state index < -0.39 is 0 Å². The van der Waals surface area contributed by atoms with Crippen LogP contribution in [-0.4, -0.2) is 22.4 Å². The van der Waals surface area contributed by atoms with E-state index in [2.05, 4.69) is 10.3 Å². The maximum Gasteiger partial charge on any atom is 0.253 e. The summed E-state index contributed by atoms with van der Waals surface area (Å²) in [7, 11) is 0. The van der Waals surface area contributed by atoms with Crippen LogP contribution in [0, 0.1) is 5.82 Å². The van der Waals surface area contributed by atoms with Crippen molar-refractivity contribution < 1.29 is 9.18 Å². The number of pyridine rings is 1. The molecule has 5 heteroatoms. The van der Waals surface area contributed by atoms with Crippen molar-refractivity contribution >= 4 is 27.6 Å². The van der Waals surface area contributed by atoms with Crippen LogP contribution >= 0.6 is 0 Å². The Morgan fingerprint density at radius 3 is 2.84 bits per heavy atom. The highest BCUT2D eigenvalue weighted by molar-refractivity contribution is 6.13. The Balaban J connectivity index is 1.91. The van der Waals surface area contributed by atoms with Crippen molar-refractivity contribution in [2.75, 3.05) is 6.54 Å². The minimum atomic E-state index is -0.357. The molecule has 1 aliphatic heterocycles. The number of rotatable bonds is 1. The van der Waals surface area contributed by atoms with Gasteiger partial charge in [0.2, 0.25) is 0 Å². The lowest BCUT2D eigenvalue weighted by Crippen LogP contribution is -2.32. The van der Waals surface area contributed by atoms with Gasteiger partial charge in [-0.1, -0.05) is 18.2 Å². The molecule has 3 heterocycles. The zero-order valence-electron chi connectivity index (χ0n) is 13.3. The molecule has 0 fully saturated rings. The Hall–Kier alpha value is -3.21. The standard InChI is InChI=1S/C20H14FN3O/c21-11-5-6-13-14(9-11)18-17(7-8-22-20(18)25)24-19(13)15-10-23-16-4-2-1-3-12(15)16/h1-6,9-10,23H,7-8H2,(H,22,25). The van der Waals surface area contributed by atoms with E-state index in [1.807, 2.05) is 30.5 Å². The summed E-state index contributed by atoms with van der Waals surface area (Å²) in [4.78, 5) is 20.4. The maximum absolute atomic E-state index is 13.9. The number of nitrogens with zero attached hydrogens (tertiary/aromatic N) is 1. The van der Waals surface area contributed by atoms with Gasteiger partial charge in [-0.2, -0.15) is 0 Å². The number of amides is 1. The average Bonchev–Trinajstić information content (AvgIpc) is 3.05. The normalized spacial score (nSPS) is 13.9. The van der Waals surface area contributed by atoms with E-state index in [1.165, 1.54) is 12.1 Å². The molecule has 25 heavy (non-hydrogen) atoms. The fourth-order valence-corrected chi connectivity index (χ4v) is 3.63. The number of para-hydroxylation sites is 1. The number of hydrogen-bond acceptors (Lipinski definition) is 2. The molecule has 1 amide bonds. The summed E-state index contributed by atoms with van der Waals surface area (Å²) in [5.41, 5.74) is 3.97. The molecule has 0 saturated carbocycles. The van der Waals surface area contributed by atoms with Gasteiger partial charge in [-0.25, -0.2) is 4.39 Å². The van der Waals surface area contributed by atoms with Crippen LogP contribution in [0.3, 0.4) is 0 Å². The van der Waals surface area contributed by atoms with Crippen LogP contribution in [0.25, 0.3) is 32.9 Å². The van der Waals surface area contributed by atoms with Crippen molar-refractivity contribution in [3.05, 3.63) is 65.7 Å². The smallest absolute Gasteiger partial charge is 0.253 e. The number of nitrogens with one attached hydrogen (secondary N) is 2. The largest absolute Gasteiger partial charge is 0.360 e. The molecule has 122 valence electrons. The monoisotopic (exact) mass is 331 g/mol. The summed E-state index contributed by atoms with van der Waals surface area (Å²) in [6, 6.07) is 12.5. The second kappa shape index (κ2) is 5.14. The number of H-pyrrole nitrogens is 1. The van der Waals surface area contributed by atoms with Crippen LogP contribution < -0.4 is 5.32 Å². The molecule has 4 nitrogen and oxygen atoms in total. The van der Waals surface area contributed by atoms with Crippen LogP contribution in [-0.2, 0) is 6.42 Å². The quantitative estimate of drug-likeness (QED) is 0.557. The molecular formula is C20H14FN3O. The highest BCUT2D eigenvalue weighted by Gasteiger charge is 2.24. The highest BCUT2D eigenvalue weighted by atomic mass is 19.1. The van der Waals surface area contributed by atoms with Crippen LogP contribution in [0.15, 0.2) is 48.7 Å². The van der Waals surface area contributed by atoms with Crippen molar-refractivity contribution in [3.63, 3.8) is 0 Å². The third kappa shape index (κ3) is 2.05. The Morgan fingerprint density at radius 1 is 1.04 bits per heavy atom. The molecule has 0 saturated heterocycles. The fourth-order valence-electron chi connectivity index (χ4n) is 3.63. The lowest BCUT2D eigenvalue weighted by Gasteiger charge is -2.19. The van der Waals surface area contributed by atoms with Gasteiger partial charge < -0.3 is 10.3 Å². The molecule has 5 rings (SSSR count). The van der Waals surface area contributed by atoms with Crippen LogP contribution in [0.4, 0.5) is 4.39 Å². The van der Waals surface area contributed by atoms with Gasteiger partial charge in [0, 0.05) is 46.4 Å². The van der Waals surface area contributed by atoms with Gasteiger partial charge in [0.25, 0.3) is 5.91 Å². The first kappa shape index (κ1) is 14.2. The number of fused-ring (bicyclic) bond motifs is 4. The number of carbonyl (C=O) groups is 1. The van der Waals surface area contributed by atoms with E-state index in [4.69, 9.17) is 4.98 Å². The summed E-state index contributed by atoms with van der Waals surface area (Å²) in [6.07, 6.45) is 2.56. The molecule has 0 unspecified atom stereocenters. The molecule has 0 atom stereocenters. The van der Waals surface area contributed by atoms with Crippen molar-refractivity contribution in [1.29, 1.82) is 0 Å². The summed E-state index contributed by atoms with van der Waals surface area (Å²) < 4.78 is 13.9. The zero-order valence-corrected chi connectivity index (χ0v) is 13.3. The maximum atomic E-state index is 13.9.